The molecule has 2 aromatic heterocycles. The quantitative estimate of drug-likeness (QED) is 0.863. The monoisotopic (exact) mass is 315 g/mol. The molecule has 2 atom stereocenters. The summed E-state index contributed by atoms with van der Waals surface area (Å²) in [5, 5.41) is 2.89. The molecule has 5 heteroatoms. The van der Waals surface area contributed by atoms with Crippen LogP contribution in [0.2, 0.25) is 0 Å². The van der Waals surface area contributed by atoms with Crippen molar-refractivity contribution in [3.63, 3.8) is 0 Å². The first-order valence-corrected chi connectivity index (χ1v) is 8.48. The molecule has 1 saturated carbocycles. The van der Waals surface area contributed by atoms with Crippen molar-refractivity contribution in [2.75, 3.05) is 13.2 Å². The molecule has 1 fully saturated rings. The van der Waals surface area contributed by atoms with Gasteiger partial charge in [0.1, 0.15) is 11.3 Å². The van der Waals surface area contributed by atoms with Crippen LogP contribution in [0.25, 0.3) is 5.65 Å². The molecule has 2 aromatic rings. The number of imidazole rings is 1. The van der Waals surface area contributed by atoms with Gasteiger partial charge in [-0.15, -0.1) is 0 Å². The van der Waals surface area contributed by atoms with Gasteiger partial charge in [-0.1, -0.05) is 19.8 Å². The van der Waals surface area contributed by atoms with Gasteiger partial charge in [-0.25, -0.2) is 4.98 Å². The molecular formula is C18H25N3O2. The molecule has 1 amide bonds. The second-order valence-corrected chi connectivity index (χ2v) is 6.52. The highest BCUT2D eigenvalue weighted by molar-refractivity contribution is 5.92. The predicted octanol–water partition coefficient (Wildman–Crippen LogP) is 2.97. The zero-order valence-electron chi connectivity index (χ0n) is 13.9. The minimum absolute atomic E-state index is 0.147. The number of carbonyl (C=O) groups excluding carboxylic acids is 1. The maximum atomic E-state index is 12.2. The first-order chi connectivity index (χ1) is 11.1. The van der Waals surface area contributed by atoms with E-state index in [4.69, 9.17) is 4.74 Å². The van der Waals surface area contributed by atoms with E-state index < -0.39 is 0 Å². The van der Waals surface area contributed by atoms with Crippen molar-refractivity contribution in [3.05, 3.63) is 35.8 Å². The highest BCUT2D eigenvalue weighted by Gasteiger charge is 2.21. The highest BCUT2D eigenvalue weighted by Crippen LogP contribution is 2.25. The van der Waals surface area contributed by atoms with Crippen molar-refractivity contribution in [2.24, 2.45) is 5.92 Å². The molecule has 0 aliphatic heterocycles. The molecule has 0 spiro atoms. The number of fused-ring (bicyclic) bond motifs is 1. The van der Waals surface area contributed by atoms with Crippen LogP contribution in [-0.2, 0) is 4.74 Å². The first kappa shape index (κ1) is 16.0. The number of ether oxygens (including phenoxy) is 1. The molecule has 5 nitrogen and oxygen atoms in total. The molecule has 0 unspecified atom stereocenters. The van der Waals surface area contributed by atoms with Gasteiger partial charge in [0, 0.05) is 18.9 Å². The third-order valence-electron chi connectivity index (χ3n) is 4.60. The maximum Gasteiger partial charge on any atom is 0.271 e. The standard InChI is InChI=1S/C18H25N3O2/c1-13-7-9-21-12-15(20-17(21)11-13)18(22)19-8-10-23-16-6-4-3-5-14(16)2/h7,9,11-12,14,16H,3-6,8,10H2,1-2H3,(H,19,22)/t14-,16+/m0/s1. The van der Waals surface area contributed by atoms with Crippen LogP contribution < -0.4 is 5.32 Å². The molecule has 1 N–H and O–H groups in total. The molecule has 1 aliphatic rings. The zero-order valence-corrected chi connectivity index (χ0v) is 13.9. The molecular weight excluding hydrogens is 290 g/mol. The van der Waals surface area contributed by atoms with Crippen LogP contribution in [0.3, 0.4) is 0 Å². The zero-order chi connectivity index (χ0) is 16.2. The number of hydrogen-bond acceptors (Lipinski definition) is 3. The van der Waals surface area contributed by atoms with Crippen LogP contribution in [0.15, 0.2) is 24.5 Å². The van der Waals surface area contributed by atoms with Gasteiger partial charge in [0.05, 0.1) is 12.7 Å². The molecule has 0 aromatic carbocycles. The Kier molecular flexibility index (Phi) is 4.96. The van der Waals surface area contributed by atoms with Crippen molar-refractivity contribution in [1.29, 1.82) is 0 Å². The van der Waals surface area contributed by atoms with E-state index >= 15 is 0 Å². The minimum Gasteiger partial charge on any atom is -0.376 e. The molecule has 0 saturated heterocycles. The van der Waals surface area contributed by atoms with Crippen LogP contribution in [-0.4, -0.2) is 34.5 Å². The van der Waals surface area contributed by atoms with Gasteiger partial charge in [0.2, 0.25) is 0 Å². The average molecular weight is 315 g/mol. The van der Waals surface area contributed by atoms with E-state index in [0.717, 1.165) is 17.6 Å². The summed E-state index contributed by atoms with van der Waals surface area (Å²) < 4.78 is 7.78. The maximum absolute atomic E-state index is 12.2. The van der Waals surface area contributed by atoms with Gasteiger partial charge in [0.15, 0.2) is 0 Å². The molecule has 124 valence electrons. The Labute approximate surface area is 137 Å². The third kappa shape index (κ3) is 3.91. The predicted molar refractivity (Wildman–Crippen MR) is 89.6 cm³/mol. The number of nitrogens with one attached hydrogen (secondary N) is 1. The highest BCUT2D eigenvalue weighted by atomic mass is 16.5. The molecule has 3 rings (SSSR count). The summed E-state index contributed by atoms with van der Waals surface area (Å²) in [5.41, 5.74) is 2.37. The lowest BCUT2D eigenvalue weighted by Crippen LogP contribution is -2.31. The van der Waals surface area contributed by atoms with Crippen molar-refractivity contribution in [3.8, 4) is 0 Å². The number of hydrogen-bond donors (Lipinski definition) is 1. The van der Waals surface area contributed by atoms with Gasteiger partial charge < -0.3 is 14.5 Å². The third-order valence-corrected chi connectivity index (χ3v) is 4.60. The summed E-state index contributed by atoms with van der Waals surface area (Å²) >= 11 is 0. The molecule has 1 aliphatic carbocycles. The Bertz CT molecular complexity index is 680. The van der Waals surface area contributed by atoms with Crippen LogP contribution in [0.4, 0.5) is 0 Å². The second-order valence-electron chi connectivity index (χ2n) is 6.52. The molecule has 0 radical (unpaired) electrons. The summed E-state index contributed by atoms with van der Waals surface area (Å²) in [5.74, 6) is 0.479. The number of aromatic nitrogens is 2. The number of amides is 1. The average Bonchev–Trinajstić information content (AvgIpc) is 2.96. The lowest BCUT2D eigenvalue weighted by molar-refractivity contribution is -0.00295. The Morgan fingerprint density at radius 2 is 2.26 bits per heavy atom. The van der Waals surface area contributed by atoms with E-state index in [0.29, 0.717) is 30.9 Å². The largest absolute Gasteiger partial charge is 0.376 e. The van der Waals surface area contributed by atoms with E-state index in [2.05, 4.69) is 17.2 Å². The minimum atomic E-state index is -0.147. The van der Waals surface area contributed by atoms with E-state index in [1.165, 1.54) is 19.3 Å². The smallest absolute Gasteiger partial charge is 0.271 e. The van der Waals surface area contributed by atoms with Crippen molar-refractivity contribution in [1.82, 2.24) is 14.7 Å². The Hall–Kier alpha value is -1.88. The van der Waals surface area contributed by atoms with Crippen molar-refractivity contribution in [2.45, 2.75) is 45.6 Å². The van der Waals surface area contributed by atoms with Crippen LogP contribution in [0.1, 0.15) is 48.7 Å². The second kappa shape index (κ2) is 7.13. The van der Waals surface area contributed by atoms with E-state index in [-0.39, 0.29) is 5.91 Å². The van der Waals surface area contributed by atoms with Crippen LogP contribution >= 0.6 is 0 Å². The molecule has 2 heterocycles. The van der Waals surface area contributed by atoms with Gasteiger partial charge in [-0.3, -0.25) is 4.79 Å². The summed E-state index contributed by atoms with van der Waals surface area (Å²) in [7, 11) is 0. The lowest BCUT2D eigenvalue weighted by atomic mass is 9.88. The van der Waals surface area contributed by atoms with E-state index in [1.54, 1.807) is 6.20 Å². The molecule has 0 bridgehead atoms. The van der Waals surface area contributed by atoms with Gasteiger partial charge >= 0.3 is 0 Å². The first-order valence-electron chi connectivity index (χ1n) is 8.48. The fraction of sp³-hybridized carbons (Fsp3) is 0.556. The number of aryl methyl sites for hydroxylation is 1. The normalized spacial score (nSPS) is 21.5. The van der Waals surface area contributed by atoms with E-state index in [1.807, 2.05) is 29.7 Å². The Morgan fingerprint density at radius 1 is 1.43 bits per heavy atom. The number of pyridine rings is 1. The summed E-state index contributed by atoms with van der Waals surface area (Å²) in [6, 6.07) is 3.96. The Morgan fingerprint density at radius 3 is 3.09 bits per heavy atom. The summed E-state index contributed by atoms with van der Waals surface area (Å²) in [6.07, 6.45) is 8.97. The topological polar surface area (TPSA) is 55.6 Å². The van der Waals surface area contributed by atoms with E-state index in [9.17, 15) is 4.79 Å². The Balaban J connectivity index is 1.48. The van der Waals surface area contributed by atoms with Crippen molar-refractivity contribution < 1.29 is 9.53 Å². The molecule has 23 heavy (non-hydrogen) atoms. The fourth-order valence-corrected chi connectivity index (χ4v) is 3.19. The van der Waals surface area contributed by atoms with Crippen LogP contribution in [0.5, 0.6) is 0 Å². The number of rotatable bonds is 5. The SMILES string of the molecule is Cc1ccn2cc(C(=O)NCCO[C@@H]3CCCC[C@@H]3C)nc2c1. The van der Waals surface area contributed by atoms with Crippen molar-refractivity contribution >= 4 is 11.6 Å². The van der Waals surface area contributed by atoms with Gasteiger partial charge in [0.25, 0.3) is 5.91 Å². The summed E-state index contributed by atoms with van der Waals surface area (Å²) in [4.78, 5) is 16.5. The fourth-order valence-electron chi connectivity index (χ4n) is 3.19. The number of nitrogens with zero attached hydrogens (tertiary/aromatic N) is 2. The lowest BCUT2D eigenvalue weighted by Gasteiger charge is -2.28. The van der Waals surface area contributed by atoms with Crippen LogP contribution in [0, 0.1) is 12.8 Å². The van der Waals surface area contributed by atoms with Gasteiger partial charge in [-0.05, 0) is 43.4 Å². The summed E-state index contributed by atoms with van der Waals surface area (Å²) in [6.45, 7) is 5.35. The number of carbonyl (C=O) groups is 1. The van der Waals surface area contributed by atoms with Gasteiger partial charge in [-0.2, -0.15) is 0 Å².